The summed E-state index contributed by atoms with van der Waals surface area (Å²) in [7, 11) is 1.94. The van der Waals surface area contributed by atoms with Gasteiger partial charge in [0.15, 0.2) is 0 Å². The molecule has 2 fully saturated rings. The van der Waals surface area contributed by atoms with Crippen molar-refractivity contribution in [2.75, 3.05) is 52.5 Å². The first-order chi connectivity index (χ1) is 12.1. The number of carbonyl (C=O) groups excluding carboxylic acids is 1. The van der Waals surface area contributed by atoms with Crippen LogP contribution in [0.4, 0.5) is 4.79 Å². The van der Waals surface area contributed by atoms with Gasteiger partial charge in [0.1, 0.15) is 0 Å². The molecular formula is C18H31N5O2. The lowest BCUT2D eigenvalue weighted by Crippen LogP contribution is -2.44. The first kappa shape index (κ1) is 18.2. The summed E-state index contributed by atoms with van der Waals surface area (Å²) < 4.78 is 7.22. The molecule has 7 nitrogen and oxygen atoms in total. The normalized spacial score (nSPS) is 23.0. The molecule has 3 rings (SSSR count). The van der Waals surface area contributed by atoms with Gasteiger partial charge < -0.3 is 15.0 Å². The summed E-state index contributed by atoms with van der Waals surface area (Å²) in [6, 6.07) is 0.0857. The van der Waals surface area contributed by atoms with E-state index in [4.69, 9.17) is 4.74 Å². The average molecular weight is 349 g/mol. The van der Waals surface area contributed by atoms with Crippen LogP contribution in [-0.4, -0.2) is 78.1 Å². The molecular weight excluding hydrogens is 318 g/mol. The van der Waals surface area contributed by atoms with Gasteiger partial charge in [-0.05, 0) is 30.2 Å². The Hall–Kier alpha value is -1.60. The number of carbonyl (C=O) groups is 1. The highest BCUT2D eigenvalue weighted by molar-refractivity contribution is 5.74. The summed E-state index contributed by atoms with van der Waals surface area (Å²) in [6.07, 6.45) is 6.07. The molecule has 2 saturated heterocycles. The van der Waals surface area contributed by atoms with Gasteiger partial charge in [0, 0.05) is 52.5 Å². The fraction of sp³-hybridized carbons (Fsp3) is 0.778. The van der Waals surface area contributed by atoms with Gasteiger partial charge in [-0.15, -0.1) is 0 Å². The van der Waals surface area contributed by atoms with Gasteiger partial charge in [0.2, 0.25) is 0 Å². The Kier molecular flexibility index (Phi) is 6.31. The molecule has 140 valence electrons. The summed E-state index contributed by atoms with van der Waals surface area (Å²) in [5.74, 6) is 0.997. The predicted molar refractivity (Wildman–Crippen MR) is 96.4 cm³/mol. The topological polar surface area (TPSA) is 62.6 Å². The fourth-order valence-corrected chi connectivity index (χ4v) is 3.76. The molecule has 1 N–H and O–H groups in total. The maximum absolute atomic E-state index is 12.4. The van der Waals surface area contributed by atoms with Crippen molar-refractivity contribution in [1.29, 1.82) is 0 Å². The third-order valence-electron chi connectivity index (χ3n) is 5.13. The molecule has 0 aliphatic carbocycles. The van der Waals surface area contributed by atoms with Gasteiger partial charge in [-0.3, -0.25) is 9.58 Å². The zero-order chi connectivity index (χ0) is 17.6. The van der Waals surface area contributed by atoms with E-state index < -0.39 is 0 Å². The van der Waals surface area contributed by atoms with Crippen molar-refractivity contribution in [2.45, 2.75) is 19.8 Å². The van der Waals surface area contributed by atoms with Crippen LogP contribution >= 0.6 is 0 Å². The summed E-state index contributed by atoms with van der Waals surface area (Å²) in [5, 5.41) is 7.34. The largest absolute Gasteiger partial charge is 0.379 e. The Balaban J connectivity index is 1.35. The number of nitrogens with zero attached hydrogens (tertiary/aromatic N) is 4. The molecule has 0 bridgehead atoms. The molecule has 25 heavy (non-hydrogen) atoms. The van der Waals surface area contributed by atoms with Crippen LogP contribution in [0.2, 0.25) is 0 Å². The second-order valence-corrected chi connectivity index (χ2v) is 7.53. The van der Waals surface area contributed by atoms with Gasteiger partial charge in [0.05, 0.1) is 19.4 Å². The Morgan fingerprint density at radius 2 is 2.20 bits per heavy atom. The van der Waals surface area contributed by atoms with E-state index in [1.807, 2.05) is 22.8 Å². The van der Waals surface area contributed by atoms with Crippen molar-refractivity contribution in [1.82, 2.24) is 24.9 Å². The van der Waals surface area contributed by atoms with Crippen LogP contribution in [0.25, 0.3) is 0 Å². The maximum atomic E-state index is 12.4. The van der Waals surface area contributed by atoms with Gasteiger partial charge in [-0.25, -0.2) is 4.79 Å². The monoisotopic (exact) mass is 349 g/mol. The Bertz CT molecular complexity index is 555. The minimum atomic E-state index is 0.0857. The number of aromatic nitrogens is 2. The van der Waals surface area contributed by atoms with Gasteiger partial charge in [0.25, 0.3) is 0 Å². The quantitative estimate of drug-likeness (QED) is 0.831. The average Bonchev–Trinajstić information content (AvgIpc) is 3.23. The van der Waals surface area contributed by atoms with Crippen molar-refractivity contribution < 1.29 is 9.53 Å². The van der Waals surface area contributed by atoms with E-state index in [9.17, 15) is 4.79 Å². The Labute approximate surface area is 150 Å². The van der Waals surface area contributed by atoms with Crippen LogP contribution in [0.5, 0.6) is 0 Å². The summed E-state index contributed by atoms with van der Waals surface area (Å²) >= 11 is 0. The number of hydrogen-bond acceptors (Lipinski definition) is 4. The number of rotatable bonds is 6. The number of aryl methyl sites for hydroxylation is 1. The van der Waals surface area contributed by atoms with Gasteiger partial charge >= 0.3 is 6.03 Å². The van der Waals surface area contributed by atoms with E-state index in [2.05, 4.69) is 28.4 Å². The summed E-state index contributed by atoms with van der Waals surface area (Å²) in [6.45, 7) is 9.31. The fourth-order valence-electron chi connectivity index (χ4n) is 3.76. The van der Waals surface area contributed by atoms with E-state index in [0.717, 1.165) is 65.3 Å². The van der Waals surface area contributed by atoms with Crippen LogP contribution in [0.15, 0.2) is 12.4 Å². The highest BCUT2D eigenvalue weighted by Gasteiger charge is 2.26. The molecule has 0 spiro atoms. The lowest BCUT2D eigenvalue weighted by molar-refractivity contribution is 0.0319. The zero-order valence-electron chi connectivity index (χ0n) is 15.5. The van der Waals surface area contributed by atoms with Crippen molar-refractivity contribution in [3.8, 4) is 0 Å². The lowest BCUT2D eigenvalue weighted by Gasteiger charge is -2.29. The Morgan fingerprint density at radius 1 is 1.40 bits per heavy atom. The lowest BCUT2D eigenvalue weighted by atomic mass is 10.0. The summed E-state index contributed by atoms with van der Waals surface area (Å²) in [5.41, 5.74) is 1.26. The van der Waals surface area contributed by atoms with E-state index in [1.54, 1.807) is 0 Å². The number of hydrogen-bond donors (Lipinski definition) is 1. The molecule has 7 heteroatoms. The number of urea groups is 1. The molecule has 1 aromatic heterocycles. The molecule has 2 atom stereocenters. The first-order valence-corrected chi connectivity index (χ1v) is 9.40. The van der Waals surface area contributed by atoms with E-state index in [-0.39, 0.29) is 6.03 Å². The third kappa shape index (κ3) is 5.44. The molecule has 2 amide bonds. The zero-order valence-corrected chi connectivity index (χ0v) is 15.5. The molecule has 2 aliphatic heterocycles. The molecule has 0 aromatic carbocycles. The van der Waals surface area contributed by atoms with Crippen LogP contribution in [0.1, 0.15) is 18.9 Å². The van der Waals surface area contributed by atoms with Gasteiger partial charge in [-0.2, -0.15) is 5.10 Å². The molecule has 0 saturated carbocycles. The number of amides is 2. The second-order valence-electron chi connectivity index (χ2n) is 7.53. The van der Waals surface area contributed by atoms with Crippen molar-refractivity contribution >= 4 is 6.03 Å². The molecule has 1 aromatic rings. The Morgan fingerprint density at radius 3 is 2.92 bits per heavy atom. The third-order valence-corrected chi connectivity index (χ3v) is 5.13. The molecule has 0 radical (unpaired) electrons. The second kappa shape index (κ2) is 8.67. The molecule has 3 heterocycles. The van der Waals surface area contributed by atoms with E-state index >= 15 is 0 Å². The smallest absolute Gasteiger partial charge is 0.317 e. The van der Waals surface area contributed by atoms with Crippen LogP contribution in [-0.2, 0) is 18.2 Å². The van der Waals surface area contributed by atoms with Gasteiger partial charge in [-0.1, -0.05) is 6.92 Å². The molecule has 2 aliphatic rings. The minimum absolute atomic E-state index is 0.0857. The SMILES string of the molecule is C[C@@H](CNC(=O)N1CC[C@H](Cc2cnn(C)c2)C1)CN1CCOCC1. The van der Waals surface area contributed by atoms with Crippen LogP contribution in [0.3, 0.4) is 0 Å². The minimum Gasteiger partial charge on any atom is -0.379 e. The van der Waals surface area contributed by atoms with Crippen LogP contribution in [0, 0.1) is 11.8 Å². The van der Waals surface area contributed by atoms with E-state index in [0.29, 0.717) is 11.8 Å². The van der Waals surface area contributed by atoms with E-state index in [1.165, 1.54) is 5.56 Å². The van der Waals surface area contributed by atoms with Crippen molar-refractivity contribution in [2.24, 2.45) is 18.9 Å². The maximum Gasteiger partial charge on any atom is 0.317 e. The standard InChI is InChI=1S/C18H31N5O2/c1-15(12-22-5-7-25-8-6-22)10-19-18(24)23-4-3-16(14-23)9-17-11-20-21(2)13-17/h11,13,15-16H,3-10,12,14H2,1-2H3,(H,19,24)/t15-,16+/m0/s1. The predicted octanol–water partition coefficient (Wildman–Crippen LogP) is 0.962. The number of morpholine rings is 1. The molecule has 0 unspecified atom stereocenters. The van der Waals surface area contributed by atoms with Crippen LogP contribution < -0.4 is 5.32 Å². The van der Waals surface area contributed by atoms with Crippen molar-refractivity contribution in [3.05, 3.63) is 18.0 Å². The highest BCUT2D eigenvalue weighted by atomic mass is 16.5. The summed E-state index contributed by atoms with van der Waals surface area (Å²) in [4.78, 5) is 16.8. The highest BCUT2D eigenvalue weighted by Crippen LogP contribution is 2.20. The van der Waals surface area contributed by atoms with Crippen molar-refractivity contribution in [3.63, 3.8) is 0 Å². The first-order valence-electron chi connectivity index (χ1n) is 9.40. The number of nitrogens with one attached hydrogen (secondary N) is 1. The number of likely N-dealkylation sites (tertiary alicyclic amines) is 1. The number of ether oxygens (including phenoxy) is 1.